The number of likely N-dealkylation sites (tertiary alicyclic amines) is 2. The molecule has 1 amide bonds. The van der Waals surface area contributed by atoms with Gasteiger partial charge in [-0.1, -0.05) is 13.8 Å². The van der Waals surface area contributed by atoms with E-state index in [9.17, 15) is 4.79 Å². The summed E-state index contributed by atoms with van der Waals surface area (Å²) in [4.78, 5) is 16.7. The van der Waals surface area contributed by atoms with E-state index in [-0.39, 0.29) is 17.9 Å². The van der Waals surface area contributed by atoms with Crippen LogP contribution >= 0.6 is 0 Å². The van der Waals surface area contributed by atoms with E-state index in [2.05, 4.69) is 11.9 Å². The summed E-state index contributed by atoms with van der Waals surface area (Å²) in [5.74, 6) is 0.382. The first-order valence-electron chi connectivity index (χ1n) is 7.16. The third-order valence-electron chi connectivity index (χ3n) is 4.80. The van der Waals surface area contributed by atoms with Crippen LogP contribution in [0.4, 0.5) is 0 Å². The van der Waals surface area contributed by atoms with Gasteiger partial charge in [0, 0.05) is 13.1 Å². The zero-order valence-corrected chi connectivity index (χ0v) is 12.0. The van der Waals surface area contributed by atoms with Crippen molar-refractivity contribution < 1.29 is 4.79 Å². The Hall–Kier alpha value is -0.610. The molecule has 0 saturated carbocycles. The largest absolute Gasteiger partial charge is 0.341 e. The van der Waals surface area contributed by atoms with Crippen LogP contribution in [0.2, 0.25) is 0 Å². The molecule has 2 N–H and O–H groups in total. The van der Waals surface area contributed by atoms with Gasteiger partial charge in [-0.05, 0) is 50.7 Å². The van der Waals surface area contributed by atoms with Crippen molar-refractivity contribution in [3.05, 3.63) is 0 Å². The molecule has 104 valence electrons. The maximum atomic E-state index is 12.3. The molecule has 4 nitrogen and oxygen atoms in total. The molecule has 0 unspecified atom stereocenters. The number of carbonyl (C=O) groups excluding carboxylic acids is 1. The molecular formula is C14H27N3O. The second-order valence-electron chi connectivity index (χ2n) is 6.58. The normalized spacial score (nSPS) is 25.9. The highest BCUT2D eigenvalue weighted by molar-refractivity contribution is 5.82. The number of piperidine rings is 1. The molecule has 2 fully saturated rings. The molecule has 2 heterocycles. The number of nitrogens with zero attached hydrogens (tertiary/aromatic N) is 2. The van der Waals surface area contributed by atoms with Crippen LogP contribution in [-0.4, -0.2) is 55.0 Å². The molecule has 0 aromatic carbocycles. The van der Waals surface area contributed by atoms with Gasteiger partial charge in [0.15, 0.2) is 0 Å². The Morgan fingerprint density at radius 2 is 1.72 bits per heavy atom. The molecule has 1 atom stereocenters. The van der Waals surface area contributed by atoms with Gasteiger partial charge in [-0.3, -0.25) is 4.79 Å². The molecule has 1 spiro atoms. The fraction of sp³-hybridized carbons (Fsp3) is 0.929. The van der Waals surface area contributed by atoms with Crippen molar-refractivity contribution in [1.82, 2.24) is 9.80 Å². The fourth-order valence-corrected chi connectivity index (χ4v) is 3.12. The molecule has 0 aliphatic carbocycles. The zero-order chi connectivity index (χ0) is 13.3. The standard InChI is InChI=1S/C14H27N3O/c1-11(2)12(15)13(18)17-9-6-14(10-17)4-7-16(3)8-5-14/h11-12H,4-10,15H2,1-3H3/t12-/m1/s1. The lowest BCUT2D eigenvalue weighted by Crippen LogP contribution is -2.47. The highest BCUT2D eigenvalue weighted by Gasteiger charge is 2.42. The fourth-order valence-electron chi connectivity index (χ4n) is 3.12. The predicted molar refractivity (Wildman–Crippen MR) is 73.2 cm³/mol. The van der Waals surface area contributed by atoms with Gasteiger partial charge in [-0.15, -0.1) is 0 Å². The van der Waals surface area contributed by atoms with Crippen LogP contribution in [0.3, 0.4) is 0 Å². The molecule has 2 aliphatic heterocycles. The van der Waals surface area contributed by atoms with Crippen LogP contribution in [0, 0.1) is 11.3 Å². The maximum Gasteiger partial charge on any atom is 0.239 e. The number of rotatable bonds is 2. The number of carbonyl (C=O) groups is 1. The van der Waals surface area contributed by atoms with Crippen molar-refractivity contribution in [2.24, 2.45) is 17.1 Å². The van der Waals surface area contributed by atoms with Gasteiger partial charge in [0.2, 0.25) is 5.91 Å². The van der Waals surface area contributed by atoms with E-state index in [1.165, 1.54) is 12.8 Å². The van der Waals surface area contributed by atoms with Crippen LogP contribution in [0.15, 0.2) is 0 Å². The molecule has 0 aromatic heterocycles. The molecule has 0 radical (unpaired) electrons. The van der Waals surface area contributed by atoms with Crippen molar-refractivity contribution >= 4 is 5.91 Å². The van der Waals surface area contributed by atoms with E-state index < -0.39 is 0 Å². The number of nitrogens with two attached hydrogens (primary N) is 1. The lowest BCUT2D eigenvalue weighted by molar-refractivity contribution is -0.133. The van der Waals surface area contributed by atoms with Gasteiger partial charge in [-0.2, -0.15) is 0 Å². The van der Waals surface area contributed by atoms with E-state index in [1.54, 1.807) is 0 Å². The Kier molecular flexibility index (Phi) is 3.97. The summed E-state index contributed by atoms with van der Waals surface area (Å²) in [6.45, 7) is 8.20. The second kappa shape index (κ2) is 5.17. The first-order valence-corrected chi connectivity index (χ1v) is 7.16. The predicted octanol–water partition coefficient (Wildman–Crippen LogP) is 0.914. The summed E-state index contributed by atoms with van der Waals surface area (Å²) >= 11 is 0. The van der Waals surface area contributed by atoms with Gasteiger partial charge in [0.1, 0.15) is 0 Å². The van der Waals surface area contributed by atoms with Gasteiger partial charge in [0.05, 0.1) is 6.04 Å². The lowest BCUT2D eigenvalue weighted by Gasteiger charge is -2.37. The van der Waals surface area contributed by atoms with Gasteiger partial charge in [0.25, 0.3) is 0 Å². The van der Waals surface area contributed by atoms with Crippen molar-refractivity contribution in [1.29, 1.82) is 0 Å². The van der Waals surface area contributed by atoms with Crippen LogP contribution in [-0.2, 0) is 4.79 Å². The maximum absolute atomic E-state index is 12.3. The summed E-state index contributed by atoms with van der Waals surface area (Å²) in [5.41, 5.74) is 6.37. The second-order valence-corrected chi connectivity index (χ2v) is 6.58. The summed E-state index contributed by atoms with van der Waals surface area (Å²) in [7, 11) is 2.18. The van der Waals surface area contributed by atoms with E-state index in [0.717, 1.165) is 32.6 Å². The topological polar surface area (TPSA) is 49.6 Å². The minimum absolute atomic E-state index is 0.154. The quantitative estimate of drug-likeness (QED) is 0.796. The van der Waals surface area contributed by atoms with E-state index in [4.69, 9.17) is 5.73 Å². The first-order chi connectivity index (χ1) is 8.43. The molecule has 4 heteroatoms. The van der Waals surface area contributed by atoms with Gasteiger partial charge in [-0.25, -0.2) is 0 Å². The minimum atomic E-state index is -0.327. The third kappa shape index (κ3) is 2.69. The van der Waals surface area contributed by atoms with E-state index in [0.29, 0.717) is 5.41 Å². The molecule has 2 rings (SSSR count). The van der Waals surface area contributed by atoms with E-state index >= 15 is 0 Å². The molecule has 0 aromatic rings. The SMILES string of the molecule is CC(C)[C@@H](N)C(=O)N1CCC2(CCN(C)CC2)C1. The van der Waals surface area contributed by atoms with Gasteiger partial charge < -0.3 is 15.5 Å². The van der Waals surface area contributed by atoms with Crippen molar-refractivity contribution in [2.75, 3.05) is 33.2 Å². The van der Waals surface area contributed by atoms with Crippen LogP contribution in [0.1, 0.15) is 33.1 Å². The molecule has 18 heavy (non-hydrogen) atoms. The third-order valence-corrected chi connectivity index (χ3v) is 4.80. The minimum Gasteiger partial charge on any atom is -0.341 e. The Balaban J connectivity index is 1.94. The number of amides is 1. The van der Waals surface area contributed by atoms with Crippen molar-refractivity contribution in [3.8, 4) is 0 Å². The molecule has 2 saturated heterocycles. The summed E-state index contributed by atoms with van der Waals surface area (Å²) in [6.07, 6.45) is 3.62. The molecule has 2 aliphatic rings. The van der Waals surface area contributed by atoms with Crippen molar-refractivity contribution in [2.45, 2.75) is 39.2 Å². The smallest absolute Gasteiger partial charge is 0.239 e. The number of hydrogen-bond acceptors (Lipinski definition) is 3. The summed E-state index contributed by atoms with van der Waals surface area (Å²) in [5, 5.41) is 0. The first kappa shape index (κ1) is 13.8. The summed E-state index contributed by atoms with van der Waals surface area (Å²) < 4.78 is 0. The van der Waals surface area contributed by atoms with Crippen molar-refractivity contribution in [3.63, 3.8) is 0 Å². The van der Waals surface area contributed by atoms with Crippen LogP contribution in [0.25, 0.3) is 0 Å². The van der Waals surface area contributed by atoms with Crippen LogP contribution < -0.4 is 5.73 Å². The zero-order valence-electron chi connectivity index (χ0n) is 12.0. The lowest BCUT2D eigenvalue weighted by atomic mass is 9.78. The highest BCUT2D eigenvalue weighted by atomic mass is 16.2. The Bertz CT molecular complexity index is 308. The monoisotopic (exact) mass is 253 g/mol. The van der Waals surface area contributed by atoms with Crippen LogP contribution in [0.5, 0.6) is 0 Å². The highest BCUT2D eigenvalue weighted by Crippen LogP contribution is 2.40. The number of hydrogen-bond donors (Lipinski definition) is 1. The average Bonchev–Trinajstić information content (AvgIpc) is 2.76. The van der Waals surface area contributed by atoms with E-state index in [1.807, 2.05) is 18.7 Å². The molecule has 0 bridgehead atoms. The average molecular weight is 253 g/mol. The Morgan fingerprint density at radius 1 is 1.17 bits per heavy atom. The van der Waals surface area contributed by atoms with Gasteiger partial charge >= 0.3 is 0 Å². The Labute approximate surface area is 110 Å². The summed E-state index contributed by atoms with van der Waals surface area (Å²) in [6, 6.07) is -0.327. The Morgan fingerprint density at radius 3 is 2.28 bits per heavy atom. The molecular weight excluding hydrogens is 226 g/mol.